The summed E-state index contributed by atoms with van der Waals surface area (Å²) in [6, 6.07) is 15.4. The van der Waals surface area contributed by atoms with Gasteiger partial charge in [0.15, 0.2) is 5.78 Å². The Balaban J connectivity index is 1.36. The topological polar surface area (TPSA) is 126 Å². The van der Waals surface area contributed by atoms with E-state index in [1.54, 1.807) is 6.20 Å². The Kier molecular flexibility index (Phi) is 9.61. The molecule has 2 heterocycles. The zero-order chi connectivity index (χ0) is 29.6. The lowest BCUT2D eigenvalue weighted by Gasteiger charge is -2.32. The first-order valence-electron chi connectivity index (χ1n) is 13.4. The number of Topliss-reactive ketones (excluding diaryl/α,β-unsaturated/α-hetero) is 1. The van der Waals surface area contributed by atoms with E-state index in [1.807, 2.05) is 56.3 Å². The van der Waals surface area contributed by atoms with Gasteiger partial charge in [0, 0.05) is 18.3 Å². The minimum atomic E-state index is -4.11. The largest absolute Gasteiger partial charge is 0.345 e. The average molecular weight is 581 g/mol. The number of hydrogen-bond acceptors (Lipinski definition) is 6. The number of carbonyl (C=O) groups is 3. The van der Waals surface area contributed by atoms with Gasteiger partial charge in [-0.05, 0) is 66.8 Å². The second-order valence-electron chi connectivity index (χ2n) is 10.5. The first kappa shape index (κ1) is 30.0. The lowest BCUT2D eigenvalue weighted by atomic mass is 9.99. The first-order chi connectivity index (χ1) is 19.5. The fraction of sp³-hybridized carbons (Fsp3) is 0.333. The third-order valence-electron chi connectivity index (χ3n) is 6.78. The average Bonchev–Trinajstić information content (AvgIpc) is 2.94. The minimum Gasteiger partial charge on any atom is -0.345 e. The van der Waals surface area contributed by atoms with Crippen molar-refractivity contribution < 1.29 is 27.2 Å². The Morgan fingerprint density at radius 3 is 2.49 bits per heavy atom. The van der Waals surface area contributed by atoms with Crippen LogP contribution in [0.15, 0.2) is 77.8 Å². The monoisotopic (exact) mass is 580 g/mol. The lowest BCUT2D eigenvalue weighted by Crippen LogP contribution is -2.57. The molecule has 0 aliphatic carbocycles. The molecule has 9 nitrogen and oxygen atoms in total. The quantitative estimate of drug-likeness (QED) is 0.380. The summed E-state index contributed by atoms with van der Waals surface area (Å²) in [5.74, 6) is -1.78. The highest BCUT2D eigenvalue weighted by atomic mass is 32.2. The molecule has 4 rings (SSSR count). The number of piperidine rings is 1. The van der Waals surface area contributed by atoms with Crippen LogP contribution >= 0.6 is 0 Å². The van der Waals surface area contributed by atoms with Crippen LogP contribution in [0.25, 0.3) is 11.3 Å². The number of pyridine rings is 1. The van der Waals surface area contributed by atoms with Gasteiger partial charge in [0.05, 0.1) is 29.6 Å². The molecule has 1 aromatic heterocycles. The fourth-order valence-electron chi connectivity index (χ4n) is 4.67. The van der Waals surface area contributed by atoms with Crippen LogP contribution in [0.3, 0.4) is 0 Å². The number of nitrogens with one attached hydrogen (secondary N) is 2. The van der Waals surface area contributed by atoms with Crippen LogP contribution in [0.4, 0.5) is 4.39 Å². The number of halogens is 1. The lowest BCUT2D eigenvalue weighted by molar-refractivity contribution is -0.139. The molecular formula is C30H33FN4O5S. The summed E-state index contributed by atoms with van der Waals surface area (Å²) in [7, 11) is -4.11. The first-order valence-corrected chi connectivity index (χ1v) is 14.9. The summed E-state index contributed by atoms with van der Waals surface area (Å²) in [5, 5.41) is 2.67. The molecule has 2 N–H and O–H groups in total. The Morgan fingerprint density at radius 1 is 1.07 bits per heavy atom. The molecule has 0 saturated carbocycles. The standard InChI is InChI=1S/C30H33FN4O5S/c1-20(2)16-27(34-41(39,40)24-11-9-23(31)10-12-24)30(38)33-26-13-15-35(19-28(26)36)29(37)18-21-6-5-7-22(17-21)25-8-3-4-14-32-25/h3-12,14,17,20,26-27,34H,13,15-16,18-19H2,1-2H3,(H,33,38)/t26?,27-/m0/s1. The van der Waals surface area contributed by atoms with Gasteiger partial charge in [-0.2, -0.15) is 4.72 Å². The number of nitrogens with zero attached hydrogens (tertiary/aromatic N) is 2. The van der Waals surface area contributed by atoms with E-state index >= 15 is 0 Å². The van der Waals surface area contributed by atoms with E-state index in [-0.39, 0.29) is 54.9 Å². The molecule has 1 aliphatic heterocycles. The van der Waals surface area contributed by atoms with E-state index in [2.05, 4.69) is 15.0 Å². The number of likely N-dealkylation sites (tertiary alicyclic amines) is 1. The van der Waals surface area contributed by atoms with Crippen molar-refractivity contribution in [1.82, 2.24) is 19.9 Å². The van der Waals surface area contributed by atoms with Crippen LogP contribution < -0.4 is 10.0 Å². The predicted molar refractivity (Wildman–Crippen MR) is 151 cm³/mol. The highest BCUT2D eigenvalue weighted by Crippen LogP contribution is 2.19. The van der Waals surface area contributed by atoms with Crippen LogP contribution in [0.2, 0.25) is 0 Å². The van der Waals surface area contributed by atoms with Gasteiger partial charge in [-0.3, -0.25) is 19.4 Å². The molecule has 41 heavy (non-hydrogen) atoms. The van der Waals surface area contributed by atoms with Crippen molar-refractivity contribution in [3.05, 3.63) is 84.3 Å². The number of carbonyl (C=O) groups excluding carboxylic acids is 3. The molecule has 0 radical (unpaired) electrons. The maximum Gasteiger partial charge on any atom is 0.241 e. The van der Waals surface area contributed by atoms with Gasteiger partial charge in [-0.1, -0.05) is 38.1 Å². The third-order valence-corrected chi connectivity index (χ3v) is 8.27. The molecular weight excluding hydrogens is 547 g/mol. The molecule has 3 aromatic rings. The maximum absolute atomic E-state index is 13.3. The van der Waals surface area contributed by atoms with Crippen molar-refractivity contribution >= 4 is 27.6 Å². The number of benzene rings is 2. The number of sulfonamides is 1. The molecule has 1 saturated heterocycles. The fourth-order valence-corrected chi connectivity index (χ4v) is 5.88. The highest BCUT2D eigenvalue weighted by Gasteiger charge is 2.34. The van der Waals surface area contributed by atoms with Crippen molar-refractivity contribution in [2.45, 2.75) is 50.1 Å². The number of ketones is 1. The Hall–Kier alpha value is -3.96. The summed E-state index contributed by atoms with van der Waals surface area (Å²) in [6.45, 7) is 3.80. The maximum atomic E-state index is 13.3. The Bertz CT molecular complexity index is 1500. The molecule has 2 atom stereocenters. The van der Waals surface area contributed by atoms with E-state index in [0.29, 0.717) is 0 Å². The molecule has 1 unspecified atom stereocenters. The van der Waals surface area contributed by atoms with Crippen molar-refractivity contribution in [3.63, 3.8) is 0 Å². The minimum absolute atomic E-state index is 0.0342. The van der Waals surface area contributed by atoms with Gasteiger partial charge in [0.1, 0.15) is 11.9 Å². The van der Waals surface area contributed by atoms with Crippen LogP contribution in [-0.4, -0.2) is 61.1 Å². The third kappa shape index (κ3) is 8.05. The summed E-state index contributed by atoms with van der Waals surface area (Å²) in [6.07, 6.45) is 2.22. The summed E-state index contributed by atoms with van der Waals surface area (Å²) in [5.41, 5.74) is 2.48. The van der Waals surface area contributed by atoms with E-state index < -0.39 is 33.8 Å². The summed E-state index contributed by atoms with van der Waals surface area (Å²) >= 11 is 0. The molecule has 2 aromatic carbocycles. The Labute approximate surface area is 239 Å². The van der Waals surface area contributed by atoms with Gasteiger partial charge in [-0.25, -0.2) is 12.8 Å². The van der Waals surface area contributed by atoms with Crippen molar-refractivity contribution in [1.29, 1.82) is 0 Å². The van der Waals surface area contributed by atoms with Crippen LogP contribution in [0.5, 0.6) is 0 Å². The normalized spacial score (nSPS) is 16.4. The molecule has 1 aliphatic rings. The van der Waals surface area contributed by atoms with Gasteiger partial charge < -0.3 is 10.2 Å². The summed E-state index contributed by atoms with van der Waals surface area (Å²) < 4.78 is 41.3. The van der Waals surface area contributed by atoms with E-state index in [4.69, 9.17) is 0 Å². The van der Waals surface area contributed by atoms with Gasteiger partial charge in [-0.15, -0.1) is 0 Å². The van der Waals surface area contributed by atoms with Crippen molar-refractivity contribution in [3.8, 4) is 11.3 Å². The van der Waals surface area contributed by atoms with Crippen molar-refractivity contribution in [2.24, 2.45) is 5.92 Å². The summed E-state index contributed by atoms with van der Waals surface area (Å²) in [4.78, 5) is 44.7. The van der Waals surface area contributed by atoms with Crippen molar-refractivity contribution in [2.75, 3.05) is 13.1 Å². The van der Waals surface area contributed by atoms with Crippen LogP contribution in [0, 0.1) is 11.7 Å². The molecule has 11 heteroatoms. The SMILES string of the molecule is CC(C)C[C@H](NS(=O)(=O)c1ccc(F)cc1)C(=O)NC1CCN(C(=O)Cc2cccc(-c3ccccn3)c2)CC1=O. The van der Waals surface area contributed by atoms with Gasteiger partial charge in [0.2, 0.25) is 21.8 Å². The molecule has 216 valence electrons. The number of aromatic nitrogens is 1. The second-order valence-corrected chi connectivity index (χ2v) is 12.2. The number of rotatable bonds is 10. The van der Waals surface area contributed by atoms with Gasteiger partial charge in [0.25, 0.3) is 0 Å². The molecule has 0 spiro atoms. The van der Waals surface area contributed by atoms with E-state index in [9.17, 15) is 27.2 Å². The Morgan fingerprint density at radius 2 is 1.83 bits per heavy atom. The number of hydrogen-bond donors (Lipinski definition) is 2. The number of amides is 2. The zero-order valence-electron chi connectivity index (χ0n) is 22.9. The molecule has 2 amide bonds. The second kappa shape index (κ2) is 13.1. The molecule has 0 bridgehead atoms. The zero-order valence-corrected chi connectivity index (χ0v) is 23.7. The van der Waals surface area contributed by atoms with Gasteiger partial charge >= 0.3 is 0 Å². The molecule has 1 fully saturated rings. The van der Waals surface area contributed by atoms with Crippen LogP contribution in [-0.2, 0) is 30.8 Å². The van der Waals surface area contributed by atoms with Crippen LogP contribution in [0.1, 0.15) is 32.3 Å². The predicted octanol–water partition coefficient (Wildman–Crippen LogP) is 3.11. The van der Waals surface area contributed by atoms with E-state index in [1.165, 1.54) is 4.90 Å². The van der Waals surface area contributed by atoms with E-state index in [0.717, 1.165) is 41.1 Å². The highest BCUT2D eigenvalue weighted by molar-refractivity contribution is 7.89. The smallest absolute Gasteiger partial charge is 0.241 e.